The molecule has 1 aromatic rings. The number of rotatable bonds is 4. The lowest BCUT2D eigenvalue weighted by Gasteiger charge is -2.43. The van der Waals surface area contributed by atoms with E-state index >= 15 is 0 Å². The van der Waals surface area contributed by atoms with Gasteiger partial charge in [-0.2, -0.15) is 13.2 Å². The first kappa shape index (κ1) is 20.8. The average Bonchev–Trinajstić information content (AvgIpc) is 2.63. The number of amides is 1. The van der Waals surface area contributed by atoms with Crippen LogP contribution in [0.5, 0.6) is 0 Å². The largest absolute Gasteiger partial charge is 0.433 e. The van der Waals surface area contributed by atoms with Gasteiger partial charge in [0.15, 0.2) is 0 Å². The minimum atomic E-state index is -4.49. The Morgan fingerprint density at radius 2 is 2.04 bits per heavy atom. The summed E-state index contributed by atoms with van der Waals surface area (Å²) in [5, 5.41) is 13.9. The fraction of sp³-hybridized carbons (Fsp3) is 0.722. The fourth-order valence-electron chi connectivity index (χ4n) is 3.96. The maximum atomic E-state index is 12.8. The summed E-state index contributed by atoms with van der Waals surface area (Å²) < 4.78 is 38.3. The number of piperidine rings is 2. The Balaban J connectivity index is 1.50. The van der Waals surface area contributed by atoms with Gasteiger partial charge in [0.2, 0.25) is 5.91 Å². The molecule has 1 atom stereocenters. The number of anilines is 1. The third-order valence-electron chi connectivity index (χ3n) is 5.42. The Bertz CT molecular complexity index is 694. The molecule has 10 heteroatoms. The van der Waals surface area contributed by atoms with E-state index in [2.05, 4.69) is 20.2 Å². The SMILES string of the molecule is CC(=O)N1CCCC(O)(CN2CCC(Nc3cc(C(F)(F)F)ncn3)CC2)C1. The summed E-state index contributed by atoms with van der Waals surface area (Å²) in [4.78, 5) is 22.6. The lowest BCUT2D eigenvalue weighted by Crippen LogP contribution is -2.56. The Labute approximate surface area is 161 Å². The van der Waals surface area contributed by atoms with Crippen LogP contribution in [0.1, 0.15) is 38.3 Å². The number of hydrogen-bond acceptors (Lipinski definition) is 6. The molecule has 0 spiro atoms. The van der Waals surface area contributed by atoms with Crippen LogP contribution in [-0.2, 0) is 11.0 Å². The number of carbonyl (C=O) groups excluding carboxylic acids is 1. The first-order chi connectivity index (χ1) is 13.1. The van der Waals surface area contributed by atoms with Gasteiger partial charge in [-0.1, -0.05) is 0 Å². The van der Waals surface area contributed by atoms with Crippen LogP contribution < -0.4 is 5.32 Å². The molecular formula is C18H26F3N5O2. The summed E-state index contributed by atoms with van der Waals surface area (Å²) in [5.74, 6) is 0.146. The van der Waals surface area contributed by atoms with Crippen LogP contribution in [0.15, 0.2) is 12.4 Å². The molecule has 2 N–H and O–H groups in total. The van der Waals surface area contributed by atoms with Crippen molar-refractivity contribution < 1.29 is 23.1 Å². The Morgan fingerprint density at radius 1 is 1.32 bits per heavy atom. The zero-order chi connectivity index (χ0) is 20.4. The highest BCUT2D eigenvalue weighted by Gasteiger charge is 2.37. The standard InChI is InChI=1S/C18H26F3N5O2/c1-13(27)26-6-2-5-17(28,11-26)10-25-7-3-14(4-8-25)24-16-9-15(18(19,20)21)22-12-23-16/h9,12,14,28H,2-8,10-11H2,1H3,(H,22,23,24). The molecule has 3 rings (SSSR count). The maximum Gasteiger partial charge on any atom is 0.433 e. The van der Waals surface area contributed by atoms with E-state index in [-0.39, 0.29) is 17.8 Å². The predicted octanol–water partition coefficient (Wildman–Crippen LogP) is 1.75. The number of nitrogens with zero attached hydrogens (tertiary/aromatic N) is 4. The molecule has 0 aromatic carbocycles. The maximum absolute atomic E-state index is 12.8. The van der Waals surface area contributed by atoms with Crippen molar-refractivity contribution in [2.45, 2.75) is 50.4 Å². The zero-order valence-corrected chi connectivity index (χ0v) is 15.9. The molecule has 1 amide bonds. The van der Waals surface area contributed by atoms with E-state index in [0.29, 0.717) is 26.1 Å². The number of aliphatic hydroxyl groups is 1. The molecular weight excluding hydrogens is 375 g/mol. The minimum Gasteiger partial charge on any atom is -0.387 e. The Hall–Kier alpha value is -1.94. The van der Waals surface area contributed by atoms with E-state index < -0.39 is 17.5 Å². The van der Waals surface area contributed by atoms with Crippen LogP contribution in [0.3, 0.4) is 0 Å². The molecule has 3 heterocycles. The number of alkyl halides is 3. The van der Waals surface area contributed by atoms with Crippen molar-refractivity contribution in [3.05, 3.63) is 18.1 Å². The van der Waals surface area contributed by atoms with Crippen molar-refractivity contribution in [3.63, 3.8) is 0 Å². The minimum absolute atomic E-state index is 0.0157. The van der Waals surface area contributed by atoms with Crippen LogP contribution in [0, 0.1) is 0 Å². The van der Waals surface area contributed by atoms with E-state index in [9.17, 15) is 23.1 Å². The highest BCUT2D eigenvalue weighted by Crippen LogP contribution is 2.29. The van der Waals surface area contributed by atoms with Gasteiger partial charge in [-0.15, -0.1) is 0 Å². The van der Waals surface area contributed by atoms with Gasteiger partial charge in [0.05, 0.1) is 12.1 Å². The van der Waals surface area contributed by atoms with Crippen LogP contribution in [0.25, 0.3) is 0 Å². The summed E-state index contributed by atoms with van der Waals surface area (Å²) in [6, 6.07) is 0.940. The van der Waals surface area contributed by atoms with Crippen LogP contribution in [0.2, 0.25) is 0 Å². The quantitative estimate of drug-likeness (QED) is 0.800. The highest BCUT2D eigenvalue weighted by molar-refractivity contribution is 5.73. The molecule has 28 heavy (non-hydrogen) atoms. The van der Waals surface area contributed by atoms with Gasteiger partial charge >= 0.3 is 6.18 Å². The molecule has 156 valence electrons. The fourth-order valence-corrected chi connectivity index (χ4v) is 3.96. The van der Waals surface area contributed by atoms with Gasteiger partial charge in [-0.25, -0.2) is 9.97 Å². The normalized spacial score (nSPS) is 25.0. The zero-order valence-electron chi connectivity index (χ0n) is 15.9. The molecule has 7 nitrogen and oxygen atoms in total. The van der Waals surface area contributed by atoms with Crippen LogP contribution >= 0.6 is 0 Å². The monoisotopic (exact) mass is 401 g/mol. The van der Waals surface area contributed by atoms with Gasteiger partial charge in [0.25, 0.3) is 0 Å². The number of likely N-dealkylation sites (tertiary alicyclic amines) is 2. The average molecular weight is 401 g/mol. The summed E-state index contributed by atoms with van der Waals surface area (Å²) in [5.41, 5.74) is -1.87. The number of carbonyl (C=O) groups is 1. The molecule has 0 saturated carbocycles. The summed E-state index contributed by atoms with van der Waals surface area (Å²) >= 11 is 0. The Morgan fingerprint density at radius 3 is 2.68 bits per heavy atom. The summed E-state index contributed by atoms with van der Waals surface area (Å²) in [6.07, 6.45) is -0.666. The summed E-state index contributed by atoms with van der Waals surface area (Å²) in [6.45, 7) is 4.48. The van der Waals surface area contributed by atoms with Gasteiger partial charge in [-0.3, -0.25) is 4.79 Å². The van der Waals surface area contributed by atoms with E-state index in [4.69, 9.17) is 0 Å². The number of hydrogen-bond donors (Lipinski definition) is 2. The van der Waals surface area contributed by atoms with E-state index in [0.717, 1.165) is 44.7 Å². The molecule has 2 aliphatic rings. The van der Waals surface area contributed by atoms with Gasteiger partial charge in [0, 0.05) is 45.2 Å². The molecule has 0 radical (unpaired) electrons. The van der Waals surface area contributed by atoms with Crippen molar-refractivity contribution in [3.8, 4) is 0 Å². The second-order valence-electron chi connectivity index (χ2n) is 7.75. The lowest BCUT2D eigenvalue weighted by molar-refractivity contribution is -0.141. The summed E-state index contributed by atoms with van der Waals surface area (Å²) in [7, 11) is 0. The molecule has 1 aromatic heterocycles. The van der Waals surface area contributed by atoms with Gasteiger partial charge in [-0.05, 0) is 25.7 Å². The number of nitrogens with one attached hydrogen (secondary N) is 1. The van der Waals surface area contributed by atoms with Gasteiger partial charge < -0.3 is 20.2 Å². The topological polar surface area (TPSA) is 81.6 Å². The molecule has 2 aliphatic heterocycles. The van der Waals surface area contributed by atoms with Crippen molar-refractivity contribution in [1.29, 1.82) is 0 Å². The molecule has 0 bridgehead atoms. The second kappa shape index (κ2) is 8.20. The second-order valence-corrected chi connectivity index (χ2v) is 7.75. The number of aromatic nitrogens is 2. The van der Waals surface area contributed by atoms with Gasteiger partial charge in [0.1, 0.15) is 17.8 Å². The first-order valence-electron chi connectivity index (χ1n) is 9.51. The van der Waals surface area contributed by atoms with Crippen LogP contribution in [0.4, 0.5) is 19.0 Å². The Kier molecular flexibility index (Phi) is 6.09. The molecule has 0 aliphatic carbocycles. The van der Waals surface area contributed by atoms with Crippen molar-refractivity contribution in [2.24, 2.45) is 0 Å². The highest BCUT2D eigenvalue weighted by atomic mass is 19.4. The smallest absolute Gasteiger partial charge is 0.387 e. The third kappa shape index (κ3) is 5.32. The van der Waals surface area contributed by atoms with Crippen molar-refractivity contribution in [1.82, 2.24) is 19.8 Å². The molecule has 1 unspecified atom stereocenters. The lowest BCUT2D eigenvalue weighted by atomic mass is 9.91. The van der Waals surface area contributed by atoms with Crippen molar-refractivity contribution >= 4 is 11.7 Å². The predicted molar refractivity (Wildman–Crippen MR) is 96.6 cm³/mol. The molecule has 2 fully saturated rings. The molecule has 2 saturated heterocycles. The van der Waals surface area contributed by atoms with E-state index in [1.54, 1.807) is 4.90 Å². The van der Waals surface area contributed by atoms with E-state index in [1.165, 1.54) is 6.92 Å². The number of halogens is 3. The van der Waals surface area contributed by atoms with Crippen molar-refractivity contribution in [2.75, 3.05) is 38.0 Å². The first-order valence-corrected chi connectivity index (χ1v) is 9.51. The third-order valence-corrected chi connectivity index (χ3v) is 5.42. The van der Waals surface area contributed by atoms with Crippen LogP contribution in [-0.4, -0.2) is 75.1 Å². The van der Waals surface area contributed by atoms with E-state index in [1.807, 2.05) is 0 Å². The number of β-amino-alcohol motifs (C(OH)–C–C–N with tert-alkyl or cyclic N) is 1.